The molecule has 12 atom stereocenters. The van der Waals surface area contributed by atoms with Gasteiger partial charge in [0.25, 0.3) is 0 Å². The fraction of sp³-hybridized carbons (Fsp3) is 0.568. The van der Waals surface area contributed by atoms with Gasteiger partial charge in [-0.3, -0.25) is 4.79 Å². The maximum atomic E-state index is 13.8. The fourth-order valence-corrected chi connectivity index (χ4v) is 9.24. The number of epoxide rings is 1. The van der Waals surface area contributed by atoms with E-state index in [9.17, 15) is 24.9 Å². The Morgan fingerprint density at radius 1 is 1.11 bits per heavy atom. The molecule has 0 aromatic heterocycles. The molecule has 0 amide bonds. The van der Waals surface area contributed by atoms with E-state index in [0.717, 1.165) is 25.7 Å². The first-order chi connectivity index (χ1) is 22.4. The largest absolute Gasteiger partial charge is 0.455 e. The summed E-state index contributed by atoms with van der Waals surface area (Å²) in [6, 6.07) is 8.57. The average molecular weight is 649 g/mol. The Labute approximate surface area is 274 Å². The average Bonchev–Trinajstić information content (AvgIpc) is 3.69. The zero-order valence-electron chi connectivity index (χ0n) is 27.3. The second-order valence-corrected chi connectivity index (χ2v) is 14.1. The highest BCUT2D eigenvalue weighted by atomic mass is 16.9. The van der Waals surface area contributed by atoms with Gasteiger partial charge >= 0.3 is 11.9 Å². The minimum absolute atomic E-state index is 0.238. The van der Waals surface area contributed by atoms with Crippen LogP contribution in [0.4, 0.5) is 0 Å². The number of benzene rings is 1. The first kappa shape index (κ1) is 32.6. The molecule has 0 spiro atoms. The van der Waals surface area contributed by atoms with E-state index in [1.54, 1.807) is 62.4 Å². The molecule has 0 radical (unpaired) electrons. The molecule has 1 aromatic carbocycles. The van der Waals surface area contributed by atoms with Gasteiger partial charge in [0.05, 0.1) is 17.8 Å². The van der Waals surface area contributed by atoms with E-state index in [0.29, 0.717) is 11.1 Å². The molecule has 10 nitrogen and oxygen atoms in total. The summed E-state index contributed by atoms with van der Waals surface area (Å²) in [5, 5.41) is 34.9. The third-order valence-corrected chi connectivity index (χ3v) is 11.5. The number of carbonyl (C=O) groups excluding carboxylic acids is 2. The molecule has 2 saturated carbocycles. The molecule has 1 aromatic rings. The van der Waals surface area contributed by atoms with Crippen LogP contribution in [0.5, 0.6) is 0 Å². The number of fused-ring (bicyclic) bond motifs is 3. The number of aliphatic hydroxyl groups is 3. The van der Waals surface area contributed by atoms with Crippen LogP contribution in [0.1, 0.15) is 63.7 Å². The predicted molar refractivity (Wildman–Crippen MR) is 169 cm³/mol. The molecule has 12 unspecified atom stereocenters. The van der Waals surface area contributed by atoms with Gasteiger partial charge in [-0.05, 0) is 50.0 Å². The summed E-state index contributed by atoms with van der Waals surface area (Å²) < 4.78 is 33.2. The maximum absolute atomic E-state index is 13.8. The van der Waals surface area contributed by atoms with Gasteiger partial charge < -0.3 is 39.0 Å². The summed E-state index contributed by atoms with van der Waals surface area (Å²) in [7, 11) is 0. The molecule has 7 rings (SSSR count). The number of aliphatic hydroxyl groups excluding tert-OH is 2. The standard InChI is InChI=1S/C37H44O10/c1-6-7-8-9-10-11-15-18-34-45-30-26-29-33(20-38,44-29)32(41)35(42)25(19-22(4)27(35)39)37(26,47-34)23(5)28(36(30,46-34)21(2)3)43-31(40)24-16-13-12-14-17-24/h10-19,23,25-26,28-30,32,38,41-42H,2,6-9,20H2,1,3-5H3/b11-10+,18-15-. The molecule has 6 aliphatic rings. The van der Waals surface area contributed by atoms with Crippen molar-refractivity contribution in [1.29, 1.82) is 0 Å². The number of hydrogen-bond donors (Lipinski definition) is 3. The number of unbranched alkanes of at least 4 members (excludes halogenated alkanes) is 3. The molecular weight excluding hydrogens is 604 g/mol. The summed E-state index contributed by atoms with van der Waals surface area (Å²) in [6.45, 7) is 11.0. The SMILES string of the molecule is C=C(C)C12OC3(/C=C\C=C\CCCCC)OC1C1C4OC4(CO)C(O)C4(O)C(=O)C(C)=CC4C1(O3)C(C)C2OC(=O)c1ccccc1. The van der Waals surface area contributed by atoms with Crippen molar-refractivity contribution < 1.29 is 48.6 Å². The highest BCUT2D eigenvalue weighted by molar-refractivity contribution is 6.05. The van der Waals surface area contributed by atoms with Crippen LogP contribution in [0.2, 0.25) is 0 Å². The lowest BCUT2D eigenvalue weighted by molar-refractivity contribution is -0.407. The van der Waals surface area contributed by atoms with Crippen LogP contribution >= 0.6 is 0 Å². The van der Waals surface area contributed by atoms with Crippen molar-refractivity contribution in [2.24, 2.45) is 17.8 Å². The topological polar surface area (TPSA) is 144 Å². The lowest BCUT2D eigenvalue weighted by Crippen LogP contribution is -2.76. The van der Waals surface area contributed by atoms with E-state index in [1.165, 1.54) is 0 Å². The Morgan fingerprint density at radius 2 is 1.85 bits per heavy atom. The first-order valence-electron chi connectivity index (χ1n) is 16.7. The smallest absolute Gasteiger partial charge is 0.338 e. The van der Waals surface area contributed by atoms with Crippen molar-refractivity contribution in [1.82, 2.24) is 0 Å². The zero-order valence-corrected chi connectivity index (χ0v) is 27.3. The number of carbonyl (C=O) groups is 2. The number of allylic oxidation sites excluding steroid dienone is 3. The zero-order chi connectivity index (χ0) is 33.6. The van der Waals surface area contributed by atoms with Crippen molar-refractivity contribution in [3.05, 3.63) is 84.0 Å². The summed E-state index contributed by atoms with van der Waals surface area (Å²) in [5.41, 5.74) is -6.01. The van der Waals surface area contributed by atoms with E-state index in [1.807, 2.05) is 19.1 Å². The van der Waals surface area contributed by atoms with Gasteiger partial charge in [0, 0.05) is 23.8 Å². The molecule has 5 fully saturated rings. The van der Waals surface area contributed by atoms with E-state index in [2.05, 4.69) is 13.5 Å². The number of ether oxygens (including phenoxy) is 5. The molecule has 3 N–H and O–H groups in total. The van der Waals surface area contributed by atoms with Crippen LogP contribution in [0.15, 0.2) is 78.4 Å². The van der Waals surface area contributed by atoms with E-state index < -0.39 is 88.9 Å². The first-order valence-corrected chi connectivity index (χ1v) is 16.7. The number of ketones is 1. The molecule has 252 valence electrons. The number of esters is 1. The second-order valence-electron chi connectivity index (χ2n) is 14.1. The molecular formula is C37H44O10. The van der Waals surface area contributed by atoms with Gasteiger partial charge in [-0.2, -0.15) is 0 Å². The third kappa shape index (κ3) is 4.16. The predicted octanol–water partition coefficient (Wildman–Crippen LogP) is 3.70. The molecule has 3 heterocycles. The normalized spacial score (nSPS) is 45.8. The summed E-state index contributed by atoms with van der Waals surface area (Å²) in [4.78, 5) is 27.6. The van der Waals surface area contributed by atoms with Crippen molar-refractivity contribution in [2.75, 3.05) is 6.61 Å². The van der Waals surface area contributed by atoms with Crippen molar-refractivity contribution in [2.45, 2.75) is 106 Å². The molecule has 3 saturated heterocycles. The molecule has 47 heavy (non-hydrogen) atoms. The lowest BCUT2D eigenvalue weighted by atomic mass is 9.53. The Kier molecular flexibility index (Phi) is 7.65. The Morgan fingerprint density at radius 3 is 2.53 bits per heavy atom. The van der Waals surface area contributed by atoms with Crippen LogP contribution in [0, 0.1) is 17.8 Å². The van der Waals surface area contributed by atoms with Gasteiger partial charge in [-0.25, -0.2) is 4.79 Å². The van der Waals surface area contributed by atoms with Gasteiger partial charge in [0.2, 0.25) is 0 Å². The van der Waals surface area contributed by atoms with Gasteiger partial charge in [0.1, 0.15) is 30.0 Å². The van der Waals surface area contributed by atoms with Crippen LogP contribution in [0.3, 0.4) is 0 Å². The Bertz CT molecular complexity index is 1570. The quantitative estimate of drug-likeness (QED) is 0.113. The Balaban J connectivity index is 1.41. The molecule has 3 aliphatic carbocycles. The second kappa shape index (κ2) is 11.0. The van der Waals surface area contributed by atoms with Gasteiger partial charge in [-0.15, -0.1) is 0 Å². The van der Waals surface area contributed by atoms with Crippen molar-refractivity contribution >= 4 is 11.8 Å². The highest BCUT2D eigenvalue weighted by Gasteiger charge is 2.90. The maximum Gasteiger partial charge on any atom is 0.338 e. The van der Waals surface area contributed by atoms with Crippen LogP contribution in [-0.4, -0.2) is 86.5 Å². The third-order valence-electron chi connectivity index (χ3n) is 11.5. The fourth-order valence-electron chi connectivity index (χ4n) is 9.24. The van der Waals surface area contributed by atoms with Gasteiger partial charge in [0.15, 0.2) is 17.0 Å². The van der Waals surface area contributed by atoms with Crippen LogP contribution < -0.4 is 0 Å². The number of hydrogen-bond acceptors (Lipinski definition) is 10. The number of Topliss-reactive ketones (excluding diaryl/α,β-unsaturated/α-hetero) is 1. The van der Waals surface area contributed by atoms with Crippen LogP contribution in [0.25, 0.3) is 0 Å². The van der Waals surface area contributed by atoms with Gasteiger partial charge in [-0.1, -0.05) is 75.8 Å². The summed E-state index contributed by atoms with van der Waals surface area (Å²) in [6.07, 6.45) is 8.51. The Hall–Kier alpha value is -2.96. The lowest BCUT2D eigenvalue weighted by Gasteiger charge is -2.61. The minimum Gasteiger partial charge on any atom is -0.455 e. The van der Waals surface area contributed by atoms with E-state index >= 15 is 0 Å². The summed E-state index contributed by atoms with van der Waals surface area (Å²) in [5.74, 6) is -5.81. The molecule has 10 heteroatoms. The monoisotopic (exact) mass is 648 g/mol. The van der Waals surface area contributed by atoms with Crippen molar-refractivity contribution in [3.8, 4) is 0 Å². The van der Waals surface area contributed by atoms with E-state index in [4.69, 9.17) is 23.7 Å². The van der Waals surface area contributed by atoms with Crippen LogP contribution in [-0.2, 0) is 28.5 Å². The number of rotatable bonds is 10. The summed E-state index contributed by atoms with van der Waals surface area (Å²) >= 11 is 0. The van der Waals surface area contributed by atoms with E-state index in [-0.39, 0.29) is 5.57 Å². The molecule has 3 aliphatic heterocycles. The molecule has 3 bridgehead atoms. The van der Waals surface area contributed by atoms with Crippen molar-refractivity contribution in [3.63, 3.8) is 0 Å². The highest BCUT2D eigenvalue weighted by Crippen LogP contribution is 2.73. The minimum atomic E-state index is -2.41.